The lowest BCUT2D eigenvalue weighted by Gasteiger charge is -2.36. The van der Waals surface area contributed by atoms with Crippen molar-refractivity contribution in [2.45, 2.75) is 6.04 Å². The summed E-state index contributed by atoms with van der Waals surface area (Å²) in [6, 6.07) is 5.93. The van der Waals surface area contributed by atoms with Gasteiger partial charge in [-0.3, -0.25) is 14.9 Å². The van der Waals surface area contributed by atoms with Gasteiger partial charge in [0, 0.05) is 25.2 Å². The third-order valence-electron chi connectivity index (χ3n) is 2.53. The van der Waals surface area contributed by atoms with Crippen LogP contribution in [0.4, 0.5) is 5.69 Å². The molecule has 0 radical (unpaired) electrons. The van der Waals surface area contributed by atoms with Gasteiger partial charge in [0.25, 0.3) is 11.6 Å². The van der Waals surface area contributed by atoms with Crippen LogP contribution in [-0.2, 0) is 0 Å². The molecule has 0 saturated carbocycles. The van der Waals surface area contributed by atoms with Gasteiger partial charge in [-0.05, 0) is 6.07 Å². The molecule has 0 aliphatic carbocycles. The fraction of sp³-hybridized carbons (Fsp3) is 0.300. The lowest BCUT2D eigenvalue weighted by molar-refractivity contribution is -0.385. The van der Waals surface area contributed by atoms with E-state index < -0.39 is 4.92 Å². The number of likely N-dealkylation sites (tertiary alicyclic amines) is 1. The molecule has 0 aromatic heterocycles. The largest absolute Gasteiger partial charge is 0.335 e. The summed E-state index contributed by atoms with van der Waals surface area (Å²) < 4.78 is 0. The van der Waals surface area contributed by atoms with Crippen LogP contribution in [0.2, 0.25) is 0 Å². The van der Waals surface area contributed by atoms with Gasteiger partial charge in [0.1, 0.15) is 5.56 Å². The Morgan fingerprint density at radius 3 is 2.62 bits per heavy atom. The van der Waals surface area contributed by atoms with Crippen LogP contribution in [0.1, 0.15) is 10.4 Å². The first-order chi connectivity index (χ1) is 7.59. The van der Waals surface area contributed by atoms with Crippen molar-refractivity contribution in [3.8, 4) is 0 Å². The zero-order valence-electron chi connectivity index (χ0n) is 8.50. The maximum atomic E-state index is 11.9. The molecule has 2 N–H and O–H groups in total. The Balaban J connectivity index is 2.26. The second-order valence-corrected chi connectivity index (χ2v) is 3.74. The van der Waals surface area contributed by atoms with Crippen molar-refractivity contribution in [1.29, 1.82) is 0 Å². The SMILES string of the molecule is NC1CN(C(=O)c2ccccc2[N+](=O)[O-])C1. The van der Waals surface area contributed by atoms with Gasteiger partial charge >= 0.3 is 0 Å². The van der Waals surface area contributed by atoms with E-state index in [4.69, 9.17) is 5.73 Å². The molecule has 0 atom stereocenters. The fourth-order valence-electron chi connectivity index (χ4n) is 1.66. The highest BCUT2D eigenvalue weighted by molar-refractivity contribution is 5.98. The van der Waals surface area contributed by atoms with Gasteiger partial charge in [-0.25, -0.2) is 0 Å². The summed E-state index contributed by atoms with van der Waals surface area (Å²) >= 11 is 0. The van der Waals surface area contributed by atoms with Gasteiger partial charge in [-0.15, -0.1) is 0 Å². The Bertz CT molecular complexity index is 441. The number of amides is 1. The van der Waals surface area contributed by atoms with E-state index in [0.717, 1.165) is 0 Å². The summed E-state index contributed by atoms with van der Waals surface area (Å²) in [4.78, 5) is 23.6. The Kier molecular flexibility index (Phi) is 2.57. The molecule has 16 heavy (non-hydrogen) atoms. The highest BCUT2D eigenvalue weighted by Gasteiger charge is 2.31. The lowest BCUT2D eigenvalue weighted by Crippen LogP contribution is -2.57. The Morgan fingerprint density at radius 2 is 2.06 bits per heavy atom. The summed E-state index contributed by atoms with van der Waals surface area (Å²) in [6.45, 7) is 0.926. The quantitative estimate of drug-likeness (QED) is 0.577. The van der Waals surface area contributed by atoms with Gasteiger partial charge in [0.2, 0.25) is 0 Å². The average Bonchev–Trinajstić information content (AvgIpc) is 2.24. The van der Waals surface area contributed by atoms with Crippen LogP contribution in [0.3, 0.4) is 0 Å². The minimum atomic E-state index is -0.549. The summed E-state index contributed by atoms with van der Waals surface area (Å²) in [6.07, 6.45) is 0. The maximum Gasteiger partial charge on any atom is 0.282 e. The zero-order valence-corrected chi connectivity index (χ0v) is 8.50. The molecule has 2 rings (SSSR count). The molecular formula is C10H11N3O3. The normalized spacial score (nSPS) is 15.7. The van der Waals surface area contributed by atoms with Crippen molar-refractivity contribution >= 4 is 11.6 Å². The molecule has 0 bridgehead atoms. The summed E-state index contributed by atoms with van der Waals surface area (Å²) in [7, 11) is 0. The fourth-order valence-corrected chi connectivity index (χ4v) is 1.66. The number of nitro groups is 1. The molecular weight excluding hydrogens is 210 g/mol. The van der Waals surface area contributed by atoms with E-state index in [1.54, 1.807) is 6.07 Å². The van der Waals surface area contributed by atoms with Crippen LogP contribution >= 0.6 is 0 Å². The Hall–Kier alpha value is -1.95. The summed E-state index contributed by atoms with van der Waals surface area (Å²) in [5, 5.41) is 10.7. The van der Waals surface area contributed by atoms with Crippen LogP contribution in [0.5, 0.6) is 0 Å². The van der Waals surface area contributed by atoms with Crippen molar-refractivity contribution in [3.63, 3.8) is 0 Å². The molecule has 1 aliphatic rings. The molecule has 6 nitrogen and oxygen atoms in total. The molecule has 1 heterocycles. The number of carbonyl (C=O) groups excluding carboxylic acids is 1. The molecule has 1 fully saturated rings. The number of nitrogens with two attached hydrogens (primary N) is 1. The van der Waals surface area contributed by atoms with Crippen molar-refractivity contribution in [3.05, 3.63) is 39.9 Å². The van der Waals surface area contributed by atoms with E-state index in [9.17, 15) is 14.9 Å². The Labute approximate surface area is 91.8 Å². The highest BCUT2D eigenvalue weighted by atomic mass is 16.6. The van der Waals surface area contributed by atoms with E-state index >= 15 is 0 Å². The first-order valence-corrected chi connectivity index (χ1v) is 4.88. The second kappa shape index (κ2) is 3.90. The number of carbonyl (C=O) groups is 1. The molecule has 0 unspecified atom stereocenters. The molecule has 1 aliphatic heterocycles. The molecule has 0 spiro atoms. The van der Waals surface area contributed by atoms with Gasteiger partial charge in [-0.1, -0.05) is 12.1 Å². The van der Waals surface area contributed by atoms with E-state index in [0.29, 0.717) is 13.1 Å². The van der Waals surface area contributed by atoms with Crippen LogP contribution in [-0.4, -0.2) is 34.9 Å². The standard InChI is InChI=1S/C10H11N3O3/c11-7-5-12(6-7)10(14)8-3-1-2-4-9(8)13(15)16/h1-4,7H,5-6,11H2. The minimum Gasteiger partial charge on any atom is -0.335 e. The number of benzene rings is 1. The van der Waals surface area contributed by atoms with Crippen molar-refractivity contribution in [2.75, 3.05) is 13.1 Å². The van der Waals surface area contributed by atoms with Gasteiger partial charge in [0.05, 0.1) is 4.92 Å². The van der Waals surface area contributed by atoms with Crippen LogP contribution in [0, 0.1) is 10.1 Å². The highest BCUT2D eigenvalue weighted by Crippen LogP contribution is 2.21. The van der Waals surface area contributed by atoms with Crippen LogP contribution < -0.4 is 5.73 Å². The number of hydrogen-bond acceptors (Lipinski definition) is 4. The number of nitrogens with zero attached hydrogens (tertiary/aromatic N) is 2. The zero-order chi connectivity index (χ0) is 11.7. The predicted octanol–water partition coefficient (Wildman–Crippen LogP) is 0.378. The van der Waals surface area contributed by atoms with Crippen molar-refractivity contribution < 1.29 is 9.72 Å². The smallest absolute Gasteiger partial charge is 0.282 e. The third kappa shape index (κ3) is 1.74. The maximum absolute atomic E-state index is 11.9. The second-order valence-electron chi connectivity index (χ2n) is 3.74. The predicted molar refractivity (Wildman–Crippen MR) is 57.0 cm³/mol. The molecule has 1 aromatic rings. The number of para-hydroxylation sites is 1. The first kappa shape index (κ1) is 10.6. The topological polar surface area (TPSA) is 89.5 Å². The van der Waals surface area contributed by atoms with Crippen LogP contribution in [0.25, 0.3) is 0 Å². The Morgan fingerprint density at radius 1 is 1.44 bits per heavy atom. The van der Waals surface area contributed by atoms with Crippen LogP contribution in [0.15, 0.2) is 24.3 Å². The lowest BCUT2D eigenvalue weighted by atomic mass is 10.1. The van der Waals surface area contributed by atoms with E-state index in [2.05, 4.69) is 0 Å². The van der Waals surface area contributed by atoms with E-state index in [1.165, 1.54) is 23.1 Å². The number of rotatable bonds is 2. The molecule has 84 valence electrons. The average molecular weight is 221 g/mol. The summed E-state index contributed by atoms with van der Waals surface area (Å²) in [5.41, 5.74) is 5.52. The summed E-state index contributed by atoms with van der Waals surface area (Å²) in [5.74, 6) is -0.325. The number of hydrogen-bond donors (Lipinski definition) is 1. The van der Waals surface area contributed by atoms with Gasteiger partial charge in [-0.2, -0.15) is 0 Å². The number of nitro benzene ring substituents is 1. The van der Waals surface area contributed by atoms with Crippen molar-refractivity contribution in [2.24, 2.45) is 5.73 Å². The third-order valence-corrected chi connectivity index (χ3v) is 2.53. The molecule has 1 aromatic carbocycles. The van der Waals surface area contributed by atoms with Gasteiger partial charge < -0.3 is 10.6 Å². The molecule has 1 amide bonds. The van der Waals surface area contributed by atoms with Crippen molar-refractivity contribution in [1.82, 2.24) is 4.90 Å². The minimum absolute atomic E-state index is 0.00767. The van der Waals surface area contributed by atoms with Gasteiger partial charge in [0.15, 0.2) is 0 Å². The van der Waals surface area contributed by atoms with E-state index in [1.807, 2.05) is 0 Å². The first-order valence-electron chi connectivity index (χ1n) is 4.88. The molecule has 6 heteroatoms. The monoisotopic (exact) mass is 221 g/mol. The van der Waals surface area contributed by atoms with E-state index in [-0.39, 0.29) is 23.2 Å². The molecule has 1 saturated heterocycles.